The highest BCUT2D eigenvalue weighted by molar-refractivity contribution is 9.10. The lowest BCUT2D eigenvalue weighted by atomic mass is 10.6. The van der Waals surface area contributed by atoms with Gasteiger partial charge in [-0.1, -0.05) is 0 Å². The number of hydrogen-bond acceptors (Lipinski definition) is 5. The lowest BCUT2D eigenvalue weighted by molar-refractivity contribution is 0.570. The van der Waals surface area contributed by atoms with Crippen molar-refractivity contribution < 1.29 is 8.42 Å². The van der Waals surface area contributed by atoms with Crippen LogP contribution >= 0.6 is 15.9 Å². The van der Waals surface area contributed by atoms with Crippen molar-refractivity contribution in [1.29, 1.82) is 0 Å². The molecule has 86 valence electrons. The third-order valence-corrected chi connectivity index (χ3v) is 4.72. The predicted molar refractivity (Wildman–Crippen MR) is 61.1 cm³/mol. The van der Waals surface area contributed by atoms with Crippen molar-refractivity contribution in [2.24, 2.45) is 0 Å². The van der Waals surface area contributed by atoms with E-state index in [-0.39, 0.29) is 23.5 Å². The molecule has 0 unspecified atom stereocenters. The lowest BCUT2D eigenvalue weighted by Crippen LogP contribution is -2.21. The van der Waals surface area contributed by atoms with Crippen LogP contribution in [0.5, 0.6) is 0 Å². The van der Waals surface area contributed by atoms with Gasteiger partial charge in [0, 0.05) is 0 Å². The minimum Gasteiger partial charge on any atom is -0.366 e. The van der Waals surface area contributed by atoms with Gasteiger partial charge in [0.15, 0.2) is 14.6 Å². The highest BCUT2D eigenvalue weighted by Gasteiger charge is 2.17. The van der Waals surface area contributed by atoms with E-state index in [0.29, 0.717) is 4.73 Å². The third kappa shape index (κ3) is 3.16. The van der Waals surface area contributed by atoms with Gasteiger partial charge < -0.3 is 5.73 Å². The molecule has 0 spiro atoms. The molecule has 0 bridgehead atoms. The summed E-state index contributed by atoms with van der Waals surface area (Å²) in [6.07, 6.45) is 0. The van der Waals surface area contributed by atoms with Crippen molar-refractivity contribution in [3.8, 4) is 0 Å². The Morgan fingerprint density at radius 2 is 2.13 bits per heavy atom. The Bertz CT molecular complexity index is 440. The average Bonchev–Trinajstić information content (AvgIpc) is 2.41. The van der Waals surface area contributed by atoms with E-state index in [4.69, 9.17) is 5.73 Å². The van der Waals surface area contributed by atoms with Gasteiger partial charge in [-0.2, -0.15) is 4.98 Å². The molecule has 0 atom stereocenters. The highest BCUT2D eigenvalue weighted by atomic mass is 79.9. The Hall–Kier alpha value is -0.630. The number of rotatable bonds is 4. The van der Waals surface area contributed by atoms with Gasteiger partial charge >= 0.3 is 0 Å². The molecule has 0 fully saturated rings. The number of sulfone groups is 1. The Morgan fingerprint density at radius 1 is 1.53 bits per heavy atom. The van der Waals surface area contributed by atoms with Crippen molar-refractivity contribution in [1.82, 2.24) is 14.8 Å². The summed E-state index contributed by atoms with van der Waals surface area (Å²) in [6.45, 7) is 3.56. The van der Waals surface area contributed by atoms with Gasteiger partial charge in [-0.3, -0.25) is 0 Å². The highest BCUT2D eigenvalue weighted by Crippen LogP contribution is 2.09. The number of hydrogen-bond donors (Lipinski definition) is 1. The summed E-state index contributed by atoms with van der Waals surface area (Å²) in [5.74, 6) is 0.162. The normalized spacial score (nSPS) is 12.3. The van der Waals surface area contributed by atoms with E-state index in [2.05, 4.69) is 26.0 Å². The number of nitrogen functional groups attached to an aromatic ring is 1. The molecule has 1 aromatic rings. The zero-order chi connectivity index (χ0) is 11.6. The molecule has 0 saturated heterocycles. The summed E-state index contributed by atoms with van der Waals surface area (Å²) >= 11 is 3.14. The van der Waals surface area contributed by atoms with Crippen LogP contribution in [0.4, 0.5) is 5.95 Å². The van der Waals surface area contributed by atoms with Crippen molar-refractivity contribution in [2.45, 2.75) is 25.6 Å². The maximum absolute atomic E-state index is 11.5. The van der Waals surface area contributed by atoms with Gasteiger partial charge in [-0.05, 0) is 29.8 Å². The van der Waals surface area contributed by atoms with E-state index in [1.54, 1.807) is 13.8 Å². The molecule has 0 aliphatic carbocycles. The summed E-state index contributed by atoms with van der Waals surface area (Å²) in [5.41, 5.74) is 5.36. The predicted octanol–water partition coefficient (Wildman–Crippen LogP) is 0.446. The molecule has 0 radical (unpaired) electrons. The van der Waals surface area contributed by atoms with Crippen molar-refractivity contribution in [3.05, 3.63) is 4.73 Å². The maximum Gasteiger partial charge on any atom is 0.240 e. The van der Waals surface area contributed by atoms with Gasteiger partial charge in [-0.15, -0.1) is 5.10 Å². The summed E-state index contributed by atoms with van der Waals surface area (Å²) < 4.78 is 24.9. The van der Waals surface area contributed by atoms with E-state index < -0.39 is 9.84 Å². The smallest absolute Gasteiger partial charge is 0.240 e. The minimum absolute atomic E-state index is 0.0338. The van der Waals surface area contributed by atoms with Crippen LogP contribution in [0.25, 0.3) is 0 Å². The topological polar surface area (TPSA) is 90.9 Å². The number of aromatic nitrogens is 3. The molecule has 2 N–H and O–H groups in total. The quantitative estimate of drug-likeness (QED) is 0.871. The van der Waals surface area contributed by atoms with Crippen molar-refractivity contribution in [2.75, 3.05) is 11.5 Å². The second kappa shape index (κ2) is 4.48. The first-order valence-electron chi connectivity index (χ1n) is 4.40. The second-order valence-corrected chi connectivity index (χ2v) is 6.76. The van der Waals surface area contributed by atoms with E-state index in [1.807, 2.05) is 0 Å². The fraction of sp³-hybridized carbons (Fsp3) is 0.714. The SMILES string of the molecule is CC(C)S(=O)(=O)CCn1nc(N)nc1Br. The fourth-order valence-corrected chi connectivity index (χ4v) is 2.27. The largest absolute Gasteiger partial charge is 0.366 e. The zero-order valence-corrected chi connectivity index (χ0v) is 10.9. The Morgan fingerprint density at radius 3 is 2.53 bits per heavy atom. The summed E-state index contributed by atoms with van der Waals surface area (Å²) in [5, 5.41) is 3.47. The van der Waals surface area contributed by atoms with Gasteiger partial charge in [0.25, 0.3) is 0 Å². The van der Waals surface area contributed by atoms with Gasteiger partial charge in [0.2, 0.25) is 5.95 Å². The second-order valence-electron chi connectivity index (χ2n) is 3.38. The molecule has 6 nitrogen and oxygen atoms in total. The molecule has 0 saturated carbocycles. The first-order valence-corrected chi connectivity index (χ1v) is 6.91. The molecule has 0 aromatic carbocycles. The van der Waals surface area contributed by atoms with Gasteiger partial charge in [-0.25, -0.2) is 13.1 Å². The molecule has 1 heterocycles. The number of nitrogens with two attached hydrogens (primary N) is 1. The van der Waals surface area contributed by atoms with Gasteiger partial charge in [0.05, 0.1) is 17.5 Å². The third-order valence-electron chi connectivity index (χ3n) is 1.95. The monoisotopic (exact) mass is 296 g/mol. The molecule has 0 aliphatic rings. The number of aryl methyl sites for hydroxylation is 1. The first kappa shape index (κ1) is 12.4. The molecule has 1 rings (SSSR count). The molecular formula is C7H13BrN4O2S. The van der Waals surface area contributed by atoms with Crippen LogP contribution in [0.1, 0.15) is 13.8 Å². The molecule has 1 aromatic heterocycles. The summed E-state index contributed by atoms with van der Waals surface area (Å²) in [4.78, 5) is 3.81. The van der Waals surface area contributed by atoms with Crippen LogP contribution in [0.2, 0.25) is 0 Å². The average molecular weight is 297 g/mol. The summed E-state index contributed by atoms with van der Waals surface area (Å²) in [7, 11) is -3.05. The van der Waals surface area contributed by atoms with Crippen LogP contribution < -0.4 is 5.73 Å². The van der Waals surface area contributed by atoms with Crippen LogP contribution in [0.3, 0.4) is 0 Å². The van der Waals surface area contributed by atoms with Crippen molar-refractivity contribution >= 4 is 31.7 Å². The molecule has 0 aliphatic heterocycles. The fourth-order valence-electron chi connectivity index (χ4n) is 0.931. The lowest BCUT2D eigenvalue weighted by Gasteiger charge is -2.07. The first-order chi connectivity index (χ1) is 6.83. The standard InChI is InChI=1S/C7H13BrN4O2S/c1-5(2)15(13,14)4-3-12-6(8)10-7(9)11-12/h5H,3-4H2,1-2H3,(H2,9,11). The van der Waals surface area contributed by atoms with Crippen LogP contribution in [-0.4, -0.2) is 34.2 Å². The number of halogens is 1. The van der Waals surface area contributed by atoms with Crippen LogP contribution in [0, 0.1) is 0 Å². The molecule has 0 amide bonds. The van der Waals surface area contributed by atoms with Gasteiger partial charge in [0.1, 0.15) is 0 Å². The van der Waals surface area contributed by atoms with Crippen LogP contribution in [0.15, 0.2) is 4.73 Å². The van der Waals surface area contributed by atoms with E-state index in [0.717, 1.165) is 0 Å². The van der Waals surface area contributed by atoms with E-state index in [1.165, 1.54) is 4.68 Å². The van der Waals surface area contributed by atoms with E-state index >= 15 is 0 Å². The minimum atomic E-state index is -3.05. The molecule has 15 heavy (non-hydrogen) atoms. The Kier molecular flexibility index (Phi) is 3.72. The van der Waals surface area contributed by atoms with Crippen LogP contribution in [-0.2, 0) is 16.4 Å². The Balaban J connectivity index is 2.70. The molecule has 8 heteroatoms. The molecular weight excluding hydrogens is 284 g/mol. The zero-order valence-electron chi connectivity index (χ0n) is 8.51. The maximum atomic E-state index is 11.5. The summed E-state index contributed by atoms with van der Waals surface area (Å²) in [6, 6.07) is 0. The van der Waals surface area contributed by atoms with Crippen molar-refractivity contribution in [3.63, 3.8) is 0 Å². The van der Waals surface area contributed by atoms with E-state index in [9.17, 15) is 8.42 Å². The number of anilines is 1. The Labute approximate surface area is 96.9 Å². The number of nitrogens with zero attached hydrogens (tertiary/aromatic N) is 3.